The molecule has 7 heteroatoms. The summed E-state index contributed by atoms with van der Waals surface area (Å²) in [5, 5.41) is 9.08. The minimum Gasteiger partial charge on any atom is -0.459 e. The second kappa shape index (κ2) is 7.48. The average molecular weight is 338 g/mol. The predicted octanol–water partition coefficient (Wildman–Crippen LogP) is 2.69. The molecule has 0 unspecified atom stereocenters. The van der Waals surface area contributed by atoms with Crippen LogP contribution in [0.1, 0.15) is 16.2 Å². The molecule has 3 N–H and O–H groups in total. The van der Waals surface area contributed by atoms with Gasteiger partial charge in [0.2, 0.25) is 0 Å². The Hall–Kier alpha value is -3.35. The molecule has 3 rings (SSSR count). The first-order valence-corrected chi connectivity index (χ1v) is 7.86. The van der Waals surface area contributed by atoms with Crippen LogP contribution >= 0.6 is 0 Å². The number of hydrogen-bond donors (Lipinski definition) is 3. The summed E-state index contributed by atoms with van der Waals surface area (Å²) in [6.45, 7) is 2.48. The first kappa shape index (κ1) is 16.5. The number of fused-ring (bicyclic) bond motifs is 1. The highest BCUT2D eigenvalue weighted by atomic mass is 16.3. The number of benzene rings is 1. The molecule has 2 aromatic heterocycles. The van der Waals surface area contributed by atoms with Gasteiger partial charge in [-0.15, -0.1) is 0 Å². The van der Waals surface area contributed by atoms with Crippen LogP contribution in [0, 0.1) is 6.92 Å². The normalized spacial score (nSPS) is 10.4. The highest BCUT2D eigenvalue weighted by Gasteiger charge is 2.09. The van der Waals surface area contributed by atoms with Gasteiger partial charge in [-0.05, 0) is 31.2 Å². The van der Waals surface area contributed by atoms with Crippen molar-refractivity contribution in [1.29, 1.82) is 0 Å². The highest BCUT2D eigenvalue weighted by Crippen LogP contribution is 2.21. The van der Waals surface area contributed by atoms with E-state index in [0.29, 0.717) is 12.2 Å². The second-order valence-electron chi connectivity index (χ2n) is 5.44. The van der Waals surface area contributed by atoms with Crippen molar-refractivity contribution in [1.82, 2.24) is 15.6 Å². The molecule has 3 aromatic rings. The van der Waals surface area contributed by atoms with Crippen LogP contribution < -0.4 is 16.0 Å². The van der Waals surface area contributed by atoms with E-state index in [1.807, 2.05) is 31.2 Å². The fraction of sp³-hybridized carbons (Fsp3) is 0.167. The first-order valence-electron chi connectivity index (χ1n) is 7.86. The number of para-hydroxylation sites is 1. The number of furan rings is 1. The van der Waals surface area contributed by atoms with Crippen LogP contribution in [0.25, 0.3) is 10.9 Å². The lowest BCUT2D eigenvalue weighted by molar-refractivity contribution is 0.0926. The molecule has 128 valence electrons. The van der Waals surface area contributed by atoms with Crippen molar-refractivity contribution in [3.63, 3.8) is 0 Å². The van der Waals surface area contributed by atoms with Gasteiger partial charge in [0.1, 0.15) is 0 Å². The summed E-state index contributed by atoms with van der Waals surface area (Å²) in [4.78, 5) is 28.2. The largest absolute Gasteiger partial charge is 0.459 e. The lowest BCUT2D eigenvalue weighted by Gasteiger charge is -2.10. The maximum absolute atomic E-state index is 12.0. The lowest BCUT2D eigenvalue weighted by Crippen LogP contribution is -2.36. The lowest BCUT2D eigenvalue weighted by atomic mass is 10.2. The third-order valence-electron chi connectivity index (χ3n) is 3.55. The smallest absolute Gasteiger partial charge is 0.319 e. The van der Waals surface area contributed by atoms with Gasteiger partial charge in [-0.3, -0.25) is 9.78 Å². The summed E-state index contributed by atoms with van der Waals surface area (Å²) in [6, 6.07) is 12.3. The van der Waals surface area contributed by atoms with E-state index in [-0.39, 0.29) is 24.2 Å². The molecular formula is C18H18N4O3. The van der Waals surface area contributed by atoms with Crippen molar-refractivity contribution in [2.45, 2.75) is 6.92 Å². The fourth-order valence-electron chi connectivity index (χ4n) is 2.36. The molecule has 2 heterocycles. The van der Waals surface area contributed by atoms with Crippen LogP contribution in [0.4, 0.5) is 10.5 Å². The van der Waals surface area contributed by atoms with E-state index >= 15 is 0 Å². The van der Waals surface area contributed by atoms with Gasteiger partial charge in [0.05, 0.1) is 17.5 Å². The number of aryl methyl sites for hydroxylation is 1. The molecule has 0 radical (unpaired) electrons. The molecule has 25 heavy (non-hydrogen) atoms. The number of carbonyl (C=O) groups is 2. The van der Waals surface area contributed by atoms with Gasteiger partial charge in [0.15, 0.2) is 5.76 Å². The van der Waals surface area contributed by atoms with Crippen LogP contribution in [0.2, 0.25) is 0 Å². The summed E-state index contributed by atoms with van der Waals surface area (Å²) in [5.41, 5.74) is 2.25. The standard InChI is InChI=1S/C18H18N4O3/c1-12-7-8-13-4-2-5-14(16(13)21-12)22-18(24)20-10-9-19-17(23)15-6-3-11-25-15/h2-8,11H,9-10H2,1H3,(H,19,23)(H2,20,22,24). The maximum Gasteiger partial charge on any atom is 0.319 e. The third-order valence-corrected chi connectivity index (χ3v) is 3.55. The summed E-state index contributed by atoms with van der Waals surface area (Å²) in [5.74, 6) is -0.0809. The summed E-state index contributed by atoms with van der Waals surface area (Å²) >= 11 is 0. The Kier molecular flexibility index (Phi) is 4.94. The number of hydrogen-bond acceptors (Lipinski definition) is 4. The van der Waals surface area contributed by atoms with Gasteiger partial charge >= 0.3 is 6.03 Å². The number of urea groups is 1. The number of nitrogens with one attached hydrogen (secondary N) is 3. The molecule has 0 spiro atoms. The minimum atomic E-state index is -0.358. The van der Waals surface area contributed by atoms with E-state index in [9.17, 15) is 9.59 Å². The zero-order valence-electron chi connectivity index (χ0n) is 13.7. The van der Waals surface area contributed by atoms with E-state index < -0.39 is 0 Å². The van der Waals surface area contributed by atoms with Gasteiger partial charge in [-0.1, -0.05) is 18.2 Å². The maximum atomic E-state index is 12.0. The van der Waals surface area contributed by atoms with Gasteiger partial charge in [-0.2, -0.15) is 0 Å². The van der Waals surface area contributed by atoms with Crippen molar-refractivity contribution in [3.8, 4) is 0 Å². The van der Waals surface area contributed by atoms with E-state index in [1.165, 1.54) is 6.26 Å². The Morgan fingerprint density at radius 3 is 2.68 bits per heavy atom. The molecule has 0 saturated heterocycles. The first-order chi connectivity index (χ1) is 12.1. The quantitative estimate of drug-likeness (QED) is 0.623. The van der Waals surface area contributed by atoms with Crippen LogP contribution in [0.5, 0.6) is 0 Å². The number of anilines is 1. The number of nitrogens with zero attached hydrogens (tertiary/aromatic N) is 1. The molecule has 3 amide bonds. The number of pyridine rings is 1. The fourth-order valence-corrected chi connectivity index (χ4v) is 2.36. The monoisotopic (exact) mass is 338 g/mol. The van der Waals surface area contributed by atoms with Crippen LogP contribution in [-0.4, -0.2) is 30.0 Å². The van der Waals surface area contributed by atoms with Gasteiger partial charge in [-0.25, -0.2) is 4.79 Å². The highest BCUT2D eigenvalue weighted by molar-refractivity contribution is 5.99. The van der Waals surface area contributed by atoms with Crippen LogP contribution in [0.15, 0.2) is 53.1 Å². The number of carbonyl (C=O) groups excluding carboxylic acids is 2. The molecule has 0 bridgehead atoms. The Labute approximate surface area is 144 Å². The molecule has 0 fully saturated rings. The zero-order chi connectivity index (χ0) is 17.6. The van der Waals surface area contributed by atoms with Crippen molar-refractivity contribution in [2.24, 2.45) is 0 Å². The van der Waals surface area contributed by atoms with E-state index in [4.69, 9.17) is 4.42 Å². The predicted molar refractivity (Wildman–Crippen MR) is 94.5 cm³/mol. The summed E-state index contributed by atoms with van der Waals surface area (Å²) in [6.07, 6.45) is 1.43. The second-order valence-corrected chi connectivity index (χ2v) is 5.44. The SMILES string of the molecule is Cc1ccc2cccc(NC(=O)NCCNC(=O)c3ccco3)c2n1. The Balaban J connectivity index is 1.51. The summed E-state index contributed by atoms with van der Waals surface area (Å²) < 4.78 is 4.98. The summed E-state index contributed by atoms with van der Waals surface area (Å²) in [7, 11) is 0. The molecular weight excluding hydrogens is 320 g/mol. The number of rotatable bonds is 5. The Morgan fingerprint density at radius 1 is 1.04 bits per heavy atom. The van der Waals surface area contributed by atoms with Crippen molar-refractivity contribution in [3.05, 3.63) is 60.2 Å². The van der Waals surface area contributed by atoms with Crippen molar-refractivity contribution >= 4 is 28.5 Å². The van der Waals surface area contributed by atoms with Gasteiger partial charge in [0.25, 0.3) is 5.91 Å². The van der Waals surface area contributed by atoms with E-state index in [2.05, 4.69) is 20.9 Å². The van der Waals surface area contributed by atoms with Crippen LogP contribution in [-0.2, 0) is 0 Å². The van der Waals surface area contributed by atoms with E-state index in [0.717, 1.165) is 16.6 Å². The van der Waals surface area contributed by atoms with Gasteiger partial charge < -0.3 is 20.4 Å². The molecule has 1 aromatic carbocycles. The molecule has 0 aliphatic heterocycles. The zero-order valence-corrected chi connectivity index (χ0v) is 13.7. The van der Waals surface area contributed by atoms with Gasteiger partial charge in [0, 0.05) is 24.2 Å². The molecule has 0 saturated carbocycles. The third kappa shape index (κ3) is 4.14. The molecule has 0 aliphatic carbocycles. The van der Waals surface area contributed by atoms with Crippen LogP contribution in [0.3, 0.4) is 0 Å². The van der Waals surface area contributed by atoms with Crippen molar-refractivity contribution in [2.75, 3.05) is 18.4 Å². The van der Waals surface area contributed by atoms with E-state index in [1.54, 1.807) is 18.2 Å². The Morgan fingerprint density at radius 2 is 1.88 bits per heavy atom. The minimum absolute atomic E-state index is 0.238. The molecule has 7 nitrogen and oxygen atoms in total. The molecule has 0 atom stereocenters. The number of aromatic nitrogens is 1. The topological polar surface area (TPSA) is 96.3 Å². The number of amides is 3. The molecule has 0 aliphatic rings. The average Bonchev–Trinajstić information content (AvgIpc) is 3.14. The van der Waals surface area contributed by atoms with Crippen molar-refractivity contribution < 1.29 is 14.0 Å². The Bertz CT molecular complexity index is 890.